The molecule has 0 radical (unpaired) electrons. The van der Waals surface area contributed by atoms with E-state index >= 15 is 0 Å². The third-order valence-corrected chi connectivity index (χ3v) is 4.22. The predicted molar refractivity (Wildman–Crippen MR) is 73.0 cm³/mol. The first-order valence-corrected chi connectivity index (χ1v) is 8.02. The number of rotatable bonds is 4. The number of halogens is 2. The van der Waals surface area contributed by atoms with Crippen molar-refractivity contribution < 1.29 is 12.8 Å². The van der Waals surface area contributed by atoms with Crippen molar-refractivity contribution >= 4 is 27.0 Å². The average Bonchev–Trinajstić information content (AvgIpc) is 2.80. The molecule has 0 saturated carbocycles. The van der Waals surface area contributed by atoms with E-state index in [1.165, 1.54) is 12.3 Å². The fourth-order valence-corrected chi connectivity index (χ4v) is 3.34. The summed E-state index contributed by atoms with van der Waals surface area (Å²) in [4.78, 5) is 0. The highest BCUT2D eigenvalue weighted by Crippen LogP contribution is 2.36. The van der Waals surface area contributed by atoms with Crippen molar-refractivity contribution in [1.29, 1.82) is 0 Å². The summed E-state index contributed by atoms with van der Waals surface area (Å²) in [6.45, 7) is 1.63. The van der Waals surface area contributed by atoms with Gasteiger partial charge in [0, 0.05) is 28.8 Å². The highest BCUT2D eigenvalue weighted by atomic mass is 79.9. The first kappa shape index (κ1) is 14.1. The Morgan fingerprint density at radius 2 is 2.39 bits per heavy atom. The first-order chi connectivity index (χ1) is 8.59. The zero-order chi connectivity index (χ0) is 13.1. The van der Waals surface area contributed by atoms with E-state index in [2.05, 4.69) is 21.2 Å². The number of hydrogen-bond acceptors (Lipinski definition) is 3. The fraction of sp³-hybridized carbons (Fsp3) is 0.500. The van der Waals surface area contributed by atoms with Crippen molar-refractivity contribution in [3.05, 3.63) is 34.1 Å². The van der Waals surface area contributed by atoms with Crippen LogP contribution in [0.5, 0.6) is 0 Å². The minimum absolute atomic E-state index is 0.141. The molecule has 0 aliphatic carbocycles. The van der Waals surface area contributed by atoms with Gasteiger partial charge in [-0.05, 0) is 25.1 Å². The van der Waals surface area contributed by atoms with Crippen molar-refractivity contribution in [3.63, 3.8) is 0 Å². The van der Waals surface area contributed by atoms with Gasteiger partial charge in [0.25, 0.3) is 0 Å². The van der Waals surface area contributed by atoms with E-state index in [4.69, 9.17) is 4.18 Å². The largest absolute Gasteiger partial charge is 0.316 e. The molecule has 0 amide bonds. The third-order valence-electron chi connectivity index (χ3n) is 3.05. The summed E-state index contributed by atoms with van der Waals surface area (Å²) in [6.07, 6.45) is 1.87. The molecule has 18 heavy (non-hydrogen) atoms. The first-order valence-electron chi connectivity index (χ1n) is 5.74. The fourth-order valence-electron chi connectivity index (χ4n) is 2.23. The standard InChI is InChI=1S/C12H15BrFNO2S/c1-18(16)17-12(8-5-6-15-7-8)11-9(13)3-2-4-10(11)14/h2-4,8,12,15H,5-7H2,1H3. The second-order valence-electron chi connectivity index (χ2n) is 4.31. The molecule has 6 heteroatoms. The lowest BCUT2D eigenvalue weighted by Crippen LogP contribution is -2.21. The SMILES string of the molecule is CS(=O)OC(c1c(F)cccc1Br)C1CCNC1. The number of nitrogens with one attached hydrogen (secondary N) is 1. The zero-order valence-electron chi connectivity index (χ0n) is 9.99. The maximum atomic E-state index is 14.0. The zero-order valence-corrected chi connectivity index (χ0v) is 12.4. The van der Waals surface area contributed by atoms with Gasteiger partial charge in [-0.15, -0.1) is 0 Å². The highest BCUT2D eigenvalue weighted by Gasteiger charge is 2.31. The number of hydrogen-bond donors (Lipinski definition) is 1. The third kappa shape index (κ3) is 3.17. The summed E-state index contributed by atoms with van der Waals surface area (Å²) in [7, 11) is 0. The Labute approximate surface area is 117 Å². The molecule has 3 unspecified atom stereocenters. The van der Waals surface area contributed by atoms with Gasteiger partial charge in [-0.3, -0.25) is 4.18 Å². The topological polar surface area (TPSA) is 38.3 Å². The minimum atomic E-state index is -1.42. The molecule has 3 atom stereocenters. The Morgan fingerprint density at radius 1 is 1.61 bits per heavy atom. The van der Waals surface area contributed by atoms with Crippen LogP contribution in [0.25, 0.3) is 0 Å². The molecule has 1 N–H and O–H groups in total. The smallest absolute Gasteiger partial charge is 0.152 e. The second-order valence-corrected chi connectivity index (χ2v) is 6.16. The molecular weight excluding hydrogens is 321 g/mol. The summed E-state index contributed by atoms with van der Waals surface area (Å²) in [5.74, 6) is -0.186. The molecule has 1 aliphatic heterocycles. The molecule has 0 spiro atoms. The molecule has 1 aromatic carbocycles. The molecular formula is C12H15BrFNO2S. The predicted octanol–water partition coefficient (Wildman–Crippen LogP) is 2.55. The Hall–Kier alpha value is -0.300. The van der Waals surface area contributed by atoms with Gasteiger partial charge in [0.2, 0.25) is 0 Å². The van der Waals surface area contributed by atoms with Gasteiger partial charge in [0.15, 0.2) is 11.1 Å². The molecule has 2 rings (SSSR count). The molecule has 1 saturated heterocycles. The quantitative estimate of drug-likeness (QED) is 0.918. The summed E-state index contributed by atoms with van der Waals surface area (Å²) >= 11 is 1.92. The summed E-state index contributed by atoms with van der Waals surface area (Å²) in [6, 6.07) is 4.81. The Kier molecular flexibility index (Phi) is 4.89. The van der Waals surface area contributed by atoms with Gasteiger partial charge >= 0.3 is 0 Å². The lowest BCUT2D eigenvalue weighted by atomic mass is 9.95. The Morgan fingerprint density at radius 3 is 2.94 bits per heavy atom. The normalized spacial score (nSPS) is 22.9. The van der Waals surface area contributed by atoms with Crippen molar-refractivity contribution in [2.75, 3.05) is 19.3 Å². The Balaban J connectivity index is 2.35. The molecule has 1 fully saturated rings. The van der Waals surface area contributed by atoms with Crippen LogP contribution < -0.4 is 5.32 Å². The van der Waals surface area contributed by atoms with E-state index in [-0.39, 0.29) is 11.7 Å². The van der Waals surface area contributed by atoms with E-state index in [0.29, 0.717) is 10.0 Å². The summed E-state index contributed by atoms with van der Waals surface area (Å²) in [5, 5.41) is 3.22. The lowest BCUT2D eigenvalue weighted by Gasteiger charge is -2.23. The van der Waals surface area contributed by atoms with E-state index in [1.807, 2.05) is 0 Å². The van der Waals surface area contributed by atoms with Crippen LogP contribution in [0.2, 0.25) is 0 Å². The van der Waals surface area contributed by atoms with Crippen LogP contribution in [0.15, 0.2) is 22.7 Å². The van der Waals surface area contributed by atoms with Crippen LogP contribution >= 0.6 is 15.9 Å². The maximum Gasteiger partial charge on any atom is 0.152 e. The van der Waals surface area contributed by atoms with Crippen LogP contribution in [0.3, 0.4) is 0 Å². The van der Waals surface area contributed by atoms with Gasteiger partial charge in [-0.2, -0.15) is 0 Å². The van der Waals surface area contributed by atoms with Crippen LogP contribution in [0.4, 0.5) is 4.39 Å². The van der Waals surface area contributed by atoms with Crippen LogP contribution in [0, 0.1) is 11.7 Å². The highest BCUT2D eigenvalue weighted by molar-refractivity contribution is 9.10. The van der Waals surface area contributed by atoms with Crippen LogP contribution in [-0.2, 0) is 15.3 Å². The van der Waals surface area contributed by atoms with E-state index < -0.39 is 17.2 Å². The van der Waals surface area contributed by atoms with Gasteiger partial charge < -0.3 is 5.32 Å². The minimum Gasteiger partial charge on any atom is -0.316 e. The van der Waals surface area contributed by atoms with Crippen molar-refractivity contribution in [2.24, 2.45) is 5.92 Å². The lowest BCUT2D eigenvalue weighted by molar-refractivity contribution is 0.160. The van der Waals surface area contributed by atoms with Crippen LogP contribution in [-0.4, -0.2) is 23.6 Å². The Bertz CT molecular complexity index is 431. The number of benzene rings is 1. The van der Waals surface area contributed by atoms with Crippen LogP contribution in [0.1, 0.15) is 18.1 Å². The van der Waals surface area contributed by atoms with E-state index in [1.54, 1.807) is 12.1 Å². The molecule has 100 valence electrons. The van der Waals surface area contributed by atoms with Gasteiger partial charge in [0.1, 0.15) is 11.9 Å². The van der Waals surface area contributed by atoms with Gasteiger partial charge in [-0.1, -0.05) is 22.0 Å². The van der Waals surface area contributed by atoms with E-state index in [9.17, 15) is 8.60 Å². The summed E-state index contributed by atoms with van der Waals surface area (Å²) < 4.78 is 31.4. The second kappa shape index (κ2) is 6.23. The molecule has 1 heterocycles. The molecule has 3 nitrogen and oxygen atoms in total. The maximum absolute atomic E-state index is 14.0. The average molecular weight is 336 g/mol. The van der Waals surface area contributed by atoms with Crippen molar-refractivity contribution in [3.8, 4) is 0 Å². The van der Waals surface area contributed by atoms with Crippen molar-refractivity contribution in [1.82, 2.24) is 5.32 Å². The van der Waals surface area contributed by atoms with Gasteiger partial charge in [-0.25, -0.2) is 8.60 Å². The van der Waals surface area contributed by atoms with E-state index in [0.717, 1.165) is 19.5 Å². The van der Waals surface area contributed by atoms with Gasteiger partial charge in [0.05, 0.1) is 0 Å². The summed E-state index contributed by atoms with van der Waals surface area (Å²) in [5.41, 5.74) is 0.460. The van der Waals surface area contributed by atoms with Crippen molar-refractivity contribution in [2.45, 2.75) is 12.5 Å². The molecule has 0 bridgehead atoms. The monoisotopic (exact) mass is 335 g/mol. The molecule has 1 aromatic rings. The molecule has 0 aromatic heterocycles. The molecule has 1 aliphatic rings.